The minimum Gasteiger partial charge on any atom is -0.345 e. The first-order valence-electron chi connectivity index (χ1n) is 7.59. The zero-order valence-electron chi connectivity index (χ0n) is 14.1. The number of nitrogens with zero attached hydrogens (tertiary/aromatic N) is 2. The second-order valence-corrected chi connectivity index (χ2v) is 6.94. The van der Waals surface area contributed by atoms with E-state index in [0.29, 0.717) is 10.4 Å². The standard InChI is InChI=1S/C18H17N3O3S/c1-20(2)17(23)12-8-13(18(24)21(3)10-12)19-16(22)15-9-11-6-4-5-7-14(11)25-15/h4-10H,1-3H3,(H,19,22). The monoisotopic (exact) mass is 355 g/mol. The average Bonchev–Trinajstić information content (AvgIpc) is 3.02. The predicted octanol–water partition coefficient (Wildman–Crippen LogP) is 2.55. The van der Waals surface area contributed by atoms with Gasteiger partial charge in [-0.05, 0) is 23.6 Å². The van der Waals surface area contributed by atoms with Crippen molar-refractivity contribution >= 4 is 38.9 Å². The van der Waals surface area contributed by atoms with Gasteiger partial charge in [0.2, 0.25) is 0 Å². The van der Waals surface area contributed by atoms with Gasteiger partial charge in [0.15, 0.2) is 0 Å². The van der Waals surface area contributed by atoms with Crippen molar-refractivity contribution in [2.75, 3.05) is 19.4 Å². The Hall–Kier alpha value is -2.93. The number of aryl methyl sites for hydroxylation is 1. The summed E-state index contributed by atoms with van der Waals surface area (Å²) in [5.41, 5.74) is 0.0427. The lowest BCUT2D eigenvalue weighted by Crippen LogP contribution is -2.28. The van der Waals surface area contributed by atoms with Crippen molar-refractivity contribution in [3.63, 3.8) is 0 Å². The number of rotatable bonds is 3. The zero-order valence-corrected chi connectivity index (χ0v) is 14.9. The number of carbonyl (C=O) groups is 2. The van der Waals surface area contributed by atoms with E-state index in [1.165, 1.54) is 33.1 Å². The number of amides is 2. The third-order valence-corrected chi connectivity index (χ3v) is 4.85. The summed E-state index contributed by atoms with van der Waals surface area (Å²) in [7, 11) is 4.80. The quantitative estimate of drug-likeness (QED) is 0.785. The topological polar surface area (TPSA) is 71.4 Å². The van der Waals surface area contributed by atoms with E-state index in [4.69, 9.17) is 0 Å². The van der Waals surface area contributed by atoms with E-state index in [1.54, 1.807) is 27.2 Å². The van der Waals surface area contributed by atoms with Gasteiger partial charge < -0.3 is 14.8 Å². The number of benzene rings is 1. The molecule has 0 saturated carbocycles. The summed E-state index contributed by atoms with van der Waals surface area (Å²) in [6.07, 6.45) is 1.46. The minimum absolute atomic E-state index is 0.0812. The van der Waals surface area contributed by atoms with Crippen LogP contribution >= 0.6 is 11.3 Å². The largest absolute Gasteiger partial charge is 0.345 e. The maximum Gasteiger partial charge on any atom is 0.274 e. The summed E-state index contributed by atoms with van der Waals surface area (Å²) in [6, 6.07) is 10.9. The molecular formula is C18H17N3O3S. The zero-order chi connectivity index (χ0) is 18.1. The highest BCUT2D eigenvalue weighted by Crippen LogP contribution is 2.25. The first kappa shape index (κ1) is 16.9. The molecule has 128 valence electrons. The van der Waals surface area contributed by atoms with Crippen molar-refractivity contribution in [3.05, 3.63) is 63.4 Å². The van der Waals surface area contributed by atoms with Gasteiger partial charge in [0.25, 0.3) is 17.4 Å². The smallest absolute Gasteiger partial charge is 0.274 e. The van der Waals surface area contributed by atoms with Crippen molar-refractivity contribution in [1.82, 2.24) is 9.47 Å². The number of pyridine rings is 1. The van der Waals surface area contributed by atoms with Crippen molar-refractivity contribution in [2.24, 2.45) is 7.05 Å². The van der Waals surface area contributed by atoms with Crippen molar-refractivity contribution in [1.29, 1.82) is 0 Å². The molecule has 0 fully saturated rings. The maximum atomic E-state index is 12.5. The number of nitrogens with one attached hydrogen (secondary N) is 1. The lowest BCUT2D eigenvalue weighted by atomic mass is 10.2. The highest BCUT2D eigenvalue weighted by atomic mass is 32.1. The molecule has 0 aliphatic rings. The Morgan fingerprint density at radius 2 is 1.88 bits per heavy atom. The molecule has 6 nitrogen and oxygen atoms in total. The lowest BCUT2D eigenvalue weighted by molar-refractivity contribution is 0.0826. The molecule has 2 amide bonds. The number of aromatic nitrogens is 1. The van der Waals surface area contributed by atoms with Crippen LogP contribution in [0, 0.1) is 0 Å². The van der Waals surface area contributed by atoms with Crippen molar-refractivity contribution in [2.45, 2.75) is 0 Å². The molecule has 3 aromatic rings. The number of hydrogen-bond acceptors (Lipinski definition) is 4. The Morgan fingerprint density at radius 3 is 2.56 bits per heavy atom. The summed E-state index contributed by atoms with van der Waals surface area (Å²) < 4.78 is 2.29. The van der Waals surface area contributed by atoms with E-state index in [0.717, 1.165) is 10.1 Å². The molecule has 2 heterocycles. The molecule has 0 radical (unpaired) electrons. The van der Waals surface area contributed by atoms with Crippen LogP contribution in [0.25, 0.3) is 10.1 Å². The summed E-state index contributed by atoms with van der Waals surface area (Å²) in [5, 5.41) is 3.60. The highest BCUT2D eigenvalue weighted by Gasteiger charge is 2.16. The summed E-state index contributed by atoms with van der Waals surface area (Å²) in [6.45, 7) is 0. The van der Waals surface area contributed by atoms with Crippen LogP contribution in [-0.4, -0.2) is 35.4 Å². The first-order chi connectivity index (χ1) is 11.9. The minimum atomic E-state index is -0.371. The highest BCUT2D eigenvalue weighted by molar-refractivity contribution is 7.20. The van der Waals surface area contributed by atoms with Crippen LogP contribution in [0.5, 0.6) is 0 Å². The fraction of sp³-hybridized carbons (Fsp3) is 0.167. The van der Waals surface area contributed by atoms with E-state index in [1.807, 2.05) is 24.3 Å². The molecular weight excluding hydrogens is 338 g/mol. The van der Waals surface area contributed by atoms with Crippen LogP contribution in [0.3, 0.4) is 0 Å². The predicted molar refractivity (Wildman–Crippen MR) is 99.5 cm³/mol. The molecule has 1 aromatic carbocycles. The van der Waals surface area contributed by atoms with Gasteiger partial charge in [0.1, 0.15) is 5.69 Å². The third kappa shape index (κ3) is 3.32. The van der Waals surface area contributed by atoms with Gasteiger partial charge in [-0.1, -0.05) is 18.2 Å². The summed E-state index contributed by atoms with van der Waals surface area (Å²) in [5.74, 6) is -0.610. The van der Waals surface area contributed by atoms with E-state index in [-0.39, 0.29) is 23.1 Å². The van der Waals surface area contributed by atoms with Crippen LogP contribution in [-0.2, 0) is 7.05 Å². The Morgan fingerprint density at radius 1 is 1.16 bits per heavy atom. The lowest BCUT2D eigenvalue weighted by Gasteiger charge is -2.13. The molecule has 0 atom stereocenters. The number of carbonyl (C=O) groups excluding carboxylic acids is 2. The molecule has 0 bridgehead atoms. The Kier molecular flexibility index (Phi) is 4.41. The Balaban J connectivity index is 1.95. The molecule has 0 aliphatic heterocycles. The van der Waals surface area contributed by atoms with E-state index in [2.05, 4.69) is 5.32 Å². The second-order valence-electron chi connectivity index (χ2n) is 5.86. The second kappa shape index (κ2) is 6.52. The van der Waals surface area contributed by atoms with Crippen LogP contribution in [0.15, 0.2) is 47.4 Å². The van der Waals surface area contributed by atoms with Gasteiger partial charge >= 0.3 is 0 Å². The van der Waals surface area contributed by atoms with Crippen LogP contribution in [0.1, 0.15) is 20.0 Å². The summed E-state index contributed by atoms with van der Waals surface area (Å²) in [4.78, 5) is 38.9. The number of hydrogen-bond donors (Lipinski definition) is 1. The van der Waals surface area contributed by atoms with Gasteiger partial charge in [-0.2, -0.15) is 0 Å². The van der Waals surface area contributed by atoms with E-state index >= 15 is 0 Å². The van der Waals surface area contributed by atoms with Crippen molar-refractivity contribution < 1.29 is 9.59 Å². The van der Waals surface area contributed by atoms with Crippen LogP contribution < -0.4 is 10.9 Å². The van der Waals surface area contributed by atoms with E-state index in [9.17, 15) is 14.4 Å². The van der Waals surface area contributed by atoms with Gasteiger partial charge in [-0.3, -0.25) is 14.4 Å². The molecule has 3 rings (SSSR count). The summed E-state index contributed by atoms with van der Waals surface area (Å²) >= 11 is 1.35. The molecule has 0 saturated heterocycles. The molecule has 0 unspecified atom stereocenters. The fourth-order valence-corrected chi connectivity index (χ4v) is 3.41. The molecule has 0 spiro atoms. The maximum absolute atomic E-state index is 12.5. The average molecular weight is 355 g/mol. The van der Waals surface area contributed by atoms with Crippen LogP contribution in [0.2, 0.25) is 0 Å². The molecule has 25 heavy (non-hydrogen) atoms. The van der Waals surface area contributed by atoms with Gasteiger partial charge in [0.05, 0.1) is 10.4 Å². The van der Waals surface area contributed by atoms with Gasteiger partial charge in [-0.15, -0.1) is 11.3 Å². The number of thiophene rings is 1. The van der Waals surface area contributed by atoms with Crippen LogP contribution in [0.4, 0.5) is 5.69 Å². The SMILES string of the molecule is CN(C)C(=O)c1cc(NC(=O)c2cc3ccccc3s2)c(=O)n(C)c1. The molecule has 7 heteroatoms. The molecule has 2 aromatic heterocycles. The normalized spacial score (nSPS) is 10.7. The fourth-order valence-electron chi connectivity index (χ4n) is 2.45. The third-order valence-electron chi connectivity index (χ3n) is 3.73. The molecule has 0 aliphatic carbocycles. The van der Waals surface area contributed by atoms with Gasteiger partial charge in [0, 0.05) is 32.0 Å². The number of anilines is 1. The Bertz CT molecular complexity index is 1000. The first-order valence-corrected chi connectivity index (χ1v) is 8.40. The number of fused-ring (bicyclic) bond motifs is 1. The van der Waals surface area contributed by atoms with Gasteiger partial charge in [-0.25, -0.2) is 0 Å². The van der Waals surface area contributed by atoms with E-state index < -0.39 is 0 Å². The Labute approximate surface area is 148 Å². The molecule has 1 N–H and O–H groups in total. The van der Waals surface area contributed by atoms with Crippen molar-refractivity contribution in [3.8, 4) is 0 Å².